The number of likely N-dealkylation sites (N-methyl/N-ethyl adjacent to an activating group) is 1. The molecule has 1 heterocycles. The van der Waals surface area contributed by atoms with Gasteiger partial charge in [0.25, 0.3) is 0 Å². The first-order valence-corrected chi connectivity index (χ1v) is 5.56. The summed E-state index contributed by atoms with van der Waals surface area (Å²) in [7, 11) is 1.75. The second-order valence-corrected chi connectivity index (χ2v) is 4.12. The quantitative estimate of drug-likeness (QED) is 0.598. The lowest BCUT2D eigenvalue weighted by atomic mass is 10.2. The van der Waals surface area contributed by atoms with Crippen molar-refractivity contribution in [2.75, 3.05) is 7.05 Å². The predicted octanol–water partition coefficient (Wildman–Crippen LogP) is 2.39. The van der Waals surface area contributed by atoms with Crippen LogP contribution in [0.15, 0.2) is 42.1 Å². The van der Waals surface area contributed by atoms with Gasteiger partial charge in [-0.25, -0.2) is 9.32 Å². The molecule has 0 aliphatic carbocycles. The molecule has 1 atom stereocenters. The zero-order valence-electron chi connectivity index (χ0n) is 9.63. The highest BCUT2D eigenvalue weighted by Crippen LogP contribution is 2.23. The van der Waals surface area contributed by atoms with Gasteiger partial charge in [-0.15, -0.1) is 0 Å². The molecular formula is C12H13ClN2O2. The topological polar surface area (TPSA) is 32.8 Å². The largest absolute Gasteiger partial charge is 0.437 e. The SMILES string of the molecule is CC1=CC(OC(=O)c2ccccc2)N(C)N1Cl. The van der Waals surface area contributed by atoms with Crippen molar-refractivity contribution in [2.45, 2.75) is 13.2 Å². The summed E-state index contributed by atoms with van der Waals surface area (Å²) in [6.07, 6.45) is 1.33. The van der Waals surface area contributed by atoms with Crippen LogP contribution in [0.25, 0.3) is 0 Å². The van der Waals surface area contributed by atoms with Crippen LogP contribution in [-0.2, 0) is 4.74 Å². The Hall–Kier alpha value is -1.52. The minimum atomic E-state index is -0.458. The second kappa shape index (κ2) is 4.77. The van der Waals surface area contributed by atoms with E-state index in [1.165, 1.54) is 4.53 Å². The zero-order chi connectivity index (χ0) is 12.4. The van der Waals surface area contributed by atoms with Gasteiger partial charge in [-0.05, 0) is 25.1 Å². The van der Waals surface area contributed by atoms with Crippen LogP contribution in [0, 0.1) is 0 Å². The Morgan fingerprint density at radius 1 is 1.35 bits per heavy atom. The molecule has 0 saturated carbocycles. The smallest absolute Gasteiger partial charge is 0.339 e. The summed E-state index contributed by atoms with van der Waals surface area (Å²) in [5.74, 6) is -0.363. The fourth-order valence-corrected chi connectivity index (χ4v) is 1.73. The standard InChI is InChI=1S/C12H13ClN2O2/c1-9-8-11(14(2)15(9)13)17-12(16)10-6-4-3-5-7-10/h3-8,11H,1-2H3. The highest BCUT2D eigenvalue weighted by Gasteiger charge is 2.29. The van der Waals surface area contributed by atoms with Crippen LogP contribution in [0.5, 0.6) is 0 Å². The maximum Gasteiger partial charge on any atom is 0.339 e. The van der Waals surface area contributed by atoms with Crippen molar-refractivity contribution >= 4 is 17.7 Å². The highest BCUT2D eigenvalue weighted by molar-refractivity contribution is 6.14. The van der Waals surface area contributed by atoms with E-state index in [9.17, 15) is 4.79 Å². The lowest BCUT2D eigenvalue weighted by Crippen LogP contribution is -2.36. The van der Waals surface area contributed by atoms with Gasteiger partial charge in [0.1, 0.15) is 0 Å². The van der Waals surface area contributed by atoms with E-state index in [-0.39, 0.29) is 5.97 Å². The normalized spacial score (nSPS) is 20.3. The van der Waals surface area contributed by atoms with Gasteiger partial charge in [0, 0.05) is 24.5 Å². The molecule has 4 nitrogen and oxygen atoms in total. The monoisotopic (exact) mass is 252 g/mol. The number of allylic oxidation sites excluding steroid dienone is 1. The van der Waals surface area contributed by atoms with E-state index in [1.54, 1.807) is 42.4 Å². The summed E-state index contributed by atoms with van der Waals surface area (Å²) in [6.45, 7) is 1.85. The maximum absolute atomic E-state index is 11.8. The van der Waals surface area contributed by atoms with Crippen LogP contribution >= 0.6 is 11.8 Å². The van der Waals surface area contributed by atoms with Crippen molar-refractivity contribution < 1.29 is 9.53 Å². The van der Waals surface area contributed by atoms with E-state index in [0.29, 0.717) is 5.56 Å². The van der Waals surface area contributed by atoms with E-state index in [1.807, 2.05) is 13.0 Å². The molecule has 5 heteroatoms. The lowest BCUT2D eigenvalue weighted by molar-refractivity contribution is -0.0341. The number of ether oxygens (including phenoxy) is 1. The van der Waals surface area contributed by atoms with Gasteiger partial charge < -0.3 is 4.74 Å². The Morgan fingerprint density at radius 2 is 2.00 bits per heavy atom. The molecular weight excluding hydrogens is 240 g/mol. The fourth-order valence-electron chi connectivity index (χ4n) is 1.59. The number of nitrogens with zero attached hydrogens (tertiary/aromatic N) is 2. The van der Waals surface area contributed by atoms with Crippen LogP contribution in [0.1, 0.15) is 17.3 Å². The van der Waals surface area contributed by atoms with Gasteiger partial charge in [0.05, 0.1) is 5.56 Å². The minimum absolute atomic E-state index is 0.363. The van der Waals surface area contributed by atoms with E-state index in [0.717, 1.165) is 5.70 Å². The molecule has 0 saturated heterocycles. The molecule has 90 valence electrons. The second-order valence-electron chi connectivity index (χ2n) is 3.80. The van der Waals surface area contributed by atoms with E-state index in [4.69, 9.17) is 16.5 Å². The molecule has 0 bridgehead atoms. The van der Waals surface area contributed by atoms with Crippen LogP contribution in [0.3, 0.4) is 0 Å². The molecule has 0 N–H and O–H groups in total. The van der Waals surface area contributed by atoms with Crippen LogP contribution in [0.4, 0.5) is 0 Å². The summed E-state index contributed by atoms with van der Waals surface area (Å²) >= 11 is 5.94. The Bertz CT molecular complexity index is 447. The number of rotatable bonds is 2. The van der Waals surface area contributed by atoms with Gasteiger partial charge in [0.2, 0.25) is 0 Å². The van der Waals surface area contributed by atoms with Gasteiger partial charge in [0.15, 0.2) is 6.23 Å². The van der Waals surface area contributed by atoms with Crippen molar-refractivity contribution in [3.63, 3.8) is 0 Å². The van der Waals surface area contributed by atoms with Crippen molar-refractivity contribution in [3.8, 4) is 0 Å². The summed E-state index contributed by atoms with van der Waals surface area (Å²) in [6, 6.07) is 8.87. The van der Waals surface area contributed by atoms with Crippen molar-refractivity contribution in [1.82, 2.24) is 9.54 Å². The summed E-state index contributed by atoms with van der Waals surface area (Å²) in [4.78, 5) is 11.8. The number of carbonyl (C=O) groups is 1. The summed E-state index contributed by atoms with van der Waals surface area (Å²) in [5, 5.41) is 1.64. The number of esters is 1. The number of hydrazine groups is 1. The van der Waals surface area contributed by atoms with Gasteiger partial charge in [-0.3, -0.25) is 0 Å². The number of halogens is 1. The summed E-state index contributed by atoms with van der Waals surface area (Å²) in [5.41, 5.74) is 1.36. The molecule has 0 fully saturated rings. The maximum atomic E-state index is 11.8. The van der Waals surface area contributed by atoms with Crippen LogP contribution in [0.2, 0.25) is 0 Å². The number of carbonyl (C=O) groups excluding carboxylic acids is 1. The third kappa shape index (κ3) is 2.43. The Labute approximate surface area is 105 Å². The molecule has 0 amide bonds. The summed E-state index contributed by atoms with van der Waals surface area (Å²) < 4.78 is 6.75. The molecule has 0 aromatic heterocycles. The number of benzene rings is 1. The third-order valence-corrected chi connectivity index (χ3v) is 3.06. The predicted molar refractivity (Wildman–Crippen MR) is 64.9 cm³/mol. The van der Waals surface area contributed by atoms with E-state index >= 15 is 0 Å². The average molecular weight is 253 g/mol. The molecule has 2 rings (SSSR count). The Balaban J connectivity index is 2.06. The van der Waals surface area contributed by atoms with Crippen molar-refractivity contribution in [1.29, 1.82) is 0 Å². The Kier molecular flexibility index (Phi) is 3.36. The Morgan fingerprint density at radius 3 is 2.53 bits per heavy atom. The number of hydrogen-bond donors (Lipinski definition) is 0. The first kappa shape index (κ1) is 12.0. The van der Waals surface area contributed by atoms with E-state index in [2.05, 4.69) is 0 Å². The molecule has 17 heavy (non-hydrogen) atoms. The van der Waals surface area contributed by atoms with E-state index < -0.39 is 6.23 Å². The van der Waals surface area contributed by atoms with Crippen molar-refractivity contribution in [2.24, 2.45) is 0 Å². The molecule has 1 aromatic carbocycles. The number of hydrogen-bond acceptors (Lipinski definition) is 4. The molecule has 1 aliphatic heterocycles. The van der Waals surface area contributed by atoms with Gasteiger partial charge in [-0.2, -0.15) is 5.01 Å². The van der Waals surface area contributed by atoms with Gasteiger partial charge in [-0.1, -0.05) is 18.2 Å². The van der Waals surface area contributed by atoms with Gasteiger partial charge >= 0.3 is 5.97 Å². The third-order valence-electron chi connectivity index (χ3n) is 2.56. The highest BCUT2D eigenvalue weighted by atomic mass is 35.5. The molecule has 1 unspecified atom stereocenters. The molecule has 1 aromatic rings. The zero-order valence-corrected chi connectivity index (χ0v) is 10.4. The van der Waals surface area contributed by atoms with Crippen molar-refractivity contribution in [3.05, 3.63) is 47.7 Å². The molecule has 1 aliphatic rings. The van der Waals surface area contributed by atoms with Crippen LogP contribution in [-0.4, -0.2) is 28.8 Å². The lowest BCUT2D eigenvalue weighted by Gasteiger charge is -2.24. The molecule has 0 radical (unpaired) electrons. The average Bonchev–Trinajstić information content (AvgIpc) is 2.58. The molecule has 0 spiro atoms. The first-order valence-electron chi connectivity index (χ1n) is 5.22. The minimum Gasteiger partial charge on any atom is -0.437 e. The fraction of sp³-hybridized carbons (Fsp3) is 0.250. The first-order chi connectivity index (χ1) is 8.09. The van der Waals surface area contributed by atoms with Crippen LogP contribution < -0.4 is 0 Å².